The molecule has 114 valence electrons. The van der Waals surface area contributed by atoms with Crippen molar-refractivity contribution < 1.29 is 4.74 Å². The quantitative estimate of drug-likeness (QED) is 0.828. The number of unbranched alkanes of at least 4 members (excludes halogenated alkanes) is 1. The first kappa shape index (κ1) is 15.4. The molecule has 0 saturated heterocycles. The van der Waals surface area contributed by atoms with Gasteiger partial charge in [-0.2, -0.15) is 0 Å². The molecule has 20 heavy (non-hydrogen) atoms. The summed E-state index contributed by atoms with van der Waals surface area (Å²) in [6.07, 6.45) is 7.53. The predicted octanol–water partition coefficient (Wildman–Crippen LogP) is 3.67. The molecule has 4 nitrogen and oxygen atoms in total. The molecule has 4 heteroatoms. The fraction of sp³-hybridized carbons (Fsp3) is 0.812. The minimum absolute atomic E-state index is 0.267. The Morgan fingerprint density at radius 1 is 1.40 bits per heavy atom. The first-order valence-corrected chi connectivity index (χ1v) is 8.03. The first-order chi connectivity index (χ1) is 9.69. The van der Waals surface area contributed by atoms with Gasteiger partial charge in [0.15, 0.2) is 0 Å². The summed E-state index contributed by atoms with van der Waals surface area (Å²) in [4.78, 5) is 4.92. The number of methoxy groups -OCH3 is 1. The van der Waals surface area contributed by atoms with Crippen LogP contribution in [0.2, 0.25) is 0 Å². The number of rotatable bonds is 7. The summed E-state index contributed by atoms with van der Waals surface area (Å²) in [5, 5.41) is 0. The smallest absolute Gasteiger partial charge is 0.127 e. The number of nitrogens with zero attached hydrogens (tertiary/aromatic N) is 2. The molecule has 1 fully saturated rings. The minimum atomic E-state index is 0.267. The van der Waals surface area contributed by atoms with Gasteiger partial charge in [0.2, 0.25) is 0 Å². The average Bonchev–Trinajstić information content (AvgIpc) is 3.04. The summed E-state index contributed by atoms with van der Waals surface area (Å²) in [5.74, 6) is 2.97. The fourth-order valence-corrected chi connectivity index (χ4v) is 3.24. The van der Waals surface area contributed by atoms with Gasteiger partial charge >= 0.3 is 0 Å². The van der Waals surface area contributed by atoms with Crippen LogP contribution in [0.5, 0.6) is 0 Å². The van der Waals surface area contributed by atoms with Gasteiger partial charge in [-0.05, 0) is 19.3 Å². The Labute approximate surface area is 122 Å². The van der Waals surface area contributed by atoms with Crippen LogP contribution >= 0.6 is 0 Å². The third-order valence-corrected chi connectivity index (χ3v) is 4.40. The van der Waals surface area contributed by atoms with E-state index in [9.17, 15) is 0 Å². The van der Waals surface area contributed by atoms with Crippen LogP contribution in [0.25, 0.3) is 0 Å². The molecule has 0 aliphatic heterocycles. The molecule has 1 aliphatic rings. The van der Waals surface area contributed by atoms with Gasteiger partial charge < -0.3 is 15.0 Å². The highest BCUT2D eigenvalue weighted by molar-refractivity contribution is 5.41. The van der Waals surface area contributed by atoms with E-state index in [1.807, 2.05) is 0 Å². The van der Waals surface area contributed by atoms with Crippen molar-refractivity contribution in [1.29, 1.82) is 0 Å². The standard InChI is InChI=1S/C16H29N3O/c1-4-5-10-19-15(17)14(12(2)11-20-3)18-16(19)13-8-6-7-9-13/h12-13H,4-11,17H2,1-3H3. The van der Waals surface area contributed by atoms with E-state index in [-0.39, 0.29) is 5.92 Å². The summed E-state index contributed by atoms with van der Waals surface area (Å²) in [6, 6.07) is 0. The number of imidazole rings is 1. The van der Waals surface area contributed by atoms with Crippen LogP contribution in [0.1, 0.15) is 75.7 Å². The molecule has 0 bridgehead atoms. The zero-order valence-corrected chi connectivity index (χ0v) is 13.2. The Bertz CT molecular complexity index is 422. The zero-order chi connectivity index (χ0) is 14.5. The van der Waals surface area contributed by atoms with Crippen molar-refractivity contribution in [1.82, 2.24) is 9.55 Å². The van der Waals surface area contributed by atoms with E-state index in [1.54, 1.807) is 7.11 Å². The minimum Gasteiger partial charge on any atom is -0.384 e. The molecular formula is C16H29N3O. The van der Waals surface area contributed by atoms with E-state index in [2.05, 4.69) is 18.4 Å². The van der Waals surface area contributed by atoms with Crippen molar-refractivity contribution in [2.45, 2.75) is 70.8 Å². The summed E-state index contributed by atoms with van der Waals surface area (Å²) in [6.45, 7) is 6.04. The average molecular weight is 279 g/mol. The predicted molar refractivity (Wildman–Crippen MR) is 83.0 cm³/mol. The van der Waals surface area contributed by atoms with Crippen LogP contribution in [0.15, 0.2) is 0 Å². The van der Waals surface area contributed by atoms with E-state index in [0.717, 1.165) is 18.1 Å². The molecule has 1 heterocycles. The Morgan fingerprint density at radius 2 is 2.10 bits per heavy atom. The van der Waals surface area contributed by atoms with Crippen molar-refractivity contribution in [3.8, 4) is 0 Å². The lowest BCUT2D eigenvalue weighted by Gasteiger charge is -2.13. The number of ether oxygens (including phenoxy) is 1. The van der Waals surface area contributed by atoms with Crippen LogP contribution in [-0.2, 0) is 11.3 Å². The number of hydrogen-bond acceptors (Lipinski definition) is 3. The number of anilines is 1. The molecule has 1 saturated carbocycles. The summed E-state index contributed by atoms with van der Waals surface area (Å²) < 4.78 is 7.54. The van der Waals surface area contributed by atoms with Crippen LogP contribution in [0.3, 0.4) is 0 Å². The maximum absolute atomic E-state index is 6.39. The number of hydrogen-bond donors (Lipinski definition) is 1. The third kappa shape index (κ3) is 3.17. The van der Waals surface area contributed by atoms with E-state index < -0.39 is 0 Å². The van der Waals surface area contributed by atoms with Gasteiger partial charge in [0.05, 0.1) is 12.3 Å². The molecule has 0 spiro atoms. The molecule has 1 aromatic heterocycles. The Hall–Kier alpha value is -1.03. The monoisotopic (exact) mass is 279 g/mol. The molecule has 1 aliphatic carbocycles. The Morgan fingerprint density at radius 3 is 2.70 bits per heavy atom. The van der Waals surface area contributed by atoms with Gasteiger partial charge in [-0.15, -0.1) is 0 Å². The largest absolute Gasteiger partial charge is 0.384 e. The van der Waals surface area contributed by atoms with Crippen molar-refractivity contribution in [3.63, 3.8) is 0 Å². The lowest BCUT2D eigenvalue weighted by atomic mass is 10.1. The zero-order valence-electron chi connectivity index (χ0n) is 13.2. The van der Waals surface area contributed by atoms with E-state index in [1.165, 1.54) is 44.3 Å². The second-order valence-corrected chi connectivity index (χ2v) is 6.08. The highest BCUT2D eigenvalue weighted by Gasteiger charge is 2.26. The van der Waals surface area contributed by atoms with Crippen LogP contribution in [-0.4, -0.2) is 23.3 Å². The van der Waals surface area contributed by atoms with E-state index in [0.29, 0.717) is 12.5 Å². The maximum atomic E-state index is 6.39. The van der Waals surface area contributed by atoms with Crippen molar-refractivity contribution >= 4 is 5.82 Å². The molecule has 0 aromatic carbocycles. The summed E-state index contributed by atoms with van der Waals surface area (Å²) in [5.41, 5.74) is 7.42. The molecule has 2 N–H and O–H groups in total. The summed E-state index contributed by atoms with van der Waals surface area (Å²) >= 11 is 0. The van der Waals surface area contributed by atoms with Gasteiger partial charge in [0.1, 0.15) is 11.6 Å². The van der Waals surface area contributed by atoms with E-state index in [4.69, 9.17) is 15.5 Å². The second kappa shape index (κ2) is 7.11. The topological polar surface area (TPSA) is 53.1 Å². The molecule has 1 aromatic rings. The molecule has 2 rings (SSSR count). The third-order valence-electron chi connectivity index (χ3n) is 4.40. The fourth-order valence-electron chi connectivity index (χ4n) is 3.24. The van der Waals surface area contributed by atoms with Gasteiger partial charge in [0.25, 0.3) is 0 Å². The maximum Gasteiger partial charge on any atom is 0.127 e. The molecule has 1 atom stereocenters. The second-order valence-electron chi connectivity index (χ2n) is 6.08. The SMILES string of the molecule is CCCCn1c(C2CCCC2)nc(C(C)COC)c1N. The summed E-state index contributed by atoms with van der Waals surface area (Å²) in [7, 11) is 1.73. The normalized spacial score (nSPS) is 17.8. The highest BCUT2D eigenvalue weighted by atomic mass is 16.5. The lowest BCUT2D eigenvalue weighted by molar-refractivity contribution is 0.183. The van der Waals surface area contributed by atoms with Crippen molar-refractivity contribution in [2.75, 3.05) is 19.5 Å². The van der Waals surface area contributed by atoms with Gasteiger partial charge in [-0.25, -0.2) is 4.98 Å². The Balaban J connectivity index is 2.29. The number of aromatic nitrogens is 2. The number of nitrogens with two attached hydrogens (primary N) is 1. The van der Waals surface area contributed by atoms with E-state index >= 15 is 0 Å². The Kier molecular flexibility index (Phi) is 5.46. The van der Waals surface area contributed by atoms with Gasteiger partial charge in [-0.1, -0.05) is 33.1 Å². The first-order valence-electron chi connectivity index (χ1n) is 8.03. The van der Waals surface area contributed by atoms with Crippen LogP contribution < -0.4 is 5.73 Å². The molecular weight excluding hydrogens is 250 g/mol. The van der Waals surface area contributed by atoms with Crippen molar-refractivity contribution in [3.05, 3.63) is 11.5 Å². The van der Waals surface area contributed by atoms with Gasteiger partial charge in [0, 0.05) is 25.5 Å². The molecule has 1 unspecified atom stereocenters. The number of nitrogen functional groups attached to an aromatic ring is 1. The van der Waals surface area contributed by atoms with Crippen molar-refractivity contribution in [2.24, 2.45) is 0 Å². The lowest BCUT2D eigenvalue weighted by Crippen LogP contribution is -2.10. The van der Waals surface area contributed by atoms with Gasteiger partial charge in [-0.3, -0.25) is 0 Å². The molecule has 0 radical (unpaired) electrons. The molecule has 0 amide bonds. The van der Waals surface area contributed by atoms with Crippen LogP contribution in [0, 0.1) is 0 Å². The highest BCUT2D eigenvalue weighted by Crippen LogP contribution is 2.36. The van der Waals surface area contributed by atoms with Crippen LogP contribution in [0.4, 0.5) is 5.82 Å².